The van der Waals surface area contributed by atoms with Crippen molar-refractivity contribution in [3.05, 3.63) is 71.5 Å². The SMILES string of the molecule is COCCOCCOCCOCC[N+]1=C(C=CC=C2N(CCOCCOCCOCCOCCC(=O)O)c3ccc(S(=O)(=O)O)cc3C2(C)CCOCCOCCOCCOC)C(C)(CCOCCOCCOCCOC)c2cc(S(=O)(=O)O)ccc21. The maximum absolute atomic E-state index is 12.8. The number of methoxy groups -OCH3 is 3. The molecule has 0 saturated heterocycles. The van der Waals surface area contributed by atoms with Gasteiger partial charge in [-0.15, -0.1) is 0 Å². The van der Waals surface area contributed by atoms with Crippen molar-refractivity contribution in [3.63, 3.8) is 0 Å². The third kappa shape index (κ3) is 27.6. The normalized spacial score (nSPS) is 17.4. The summed E-state index contributed by atoms with van der Waals surface area (Å²) in [4.78, 5) is 12.2. The van der Waals surface area contributed by atoms with Crippen molar-refractivity contribution in [3.8, 4) is 0 Å². The molecule has 28 heteroatoms. The lowest BCUT2D eigenvalue weighted by molar-refractivity contribution is -0.442. The van der Waals surface area contributed by atoms with Gasteiger partial charge in [-0.3, -0.25) is 13.9 Å². The molecule has 496 valence electrons. The van der Waals surface area contributed by atoms with E-state index in [0.717, 1.165) is 11.4 Å². The number of carboxylic acids is 1. The maximum Gasteiger partial charge on any atom is 0.305 e. The number of anilines is 1. The Morgan fingerprint density at radius 1 is 0.483 bits per heavy atom. The van der Waals surface area contributed by atoms with Gasteiger partial charge < -0.3 is 85.8 Å². The first-order valence-electron chi connectivity index (χ1n) is 29.3. The zero-order chi connectivity index (χ0) is 63.1. The summed E-state index contributed by atoms with van der Waals surface area (Å²) < 4.78 is 164. The number of carbonyl (C=O) groups is 1. The Balaban J connectivity index is 1.68. The molecule has 0 spiro atoms. The van der Waals surface area contributed by atoms with Crippen LogP contribution < -0.4 is 4.90 Å². The number of nitrogens with zero attached hydrogens (tertiary/aromatic N) is 2. The Bertz CT molecular complexity index is 2590. The summed E-state index contributed by atoms with van der Waals surface area (Å²) in [5, 5.41) is 8.77. The van der Waals surface area contributed by atoms with Crippen LogP contribution in [0, 0.1) is 0 Å². The summed E-state index contributed by atoms with van der Waals surface area (Å²) >= 11 is 0. The van der Waals surface area contributed by atoms with Gasteiger partial charge in [-0.05, 0) is 68.7 Å². The molecule has 26 nitrogen and oxygen atoms in total. The number of fused-ring (bicyclic) bond motifs is 2. The van der Waals surface area contributed by atoms with E-state index in [4.69, 9.17) is 80.9 Å². The van der Waals surface area contributed by atoms with Gasteiger partial charge in [-0.1, -0.05) is 6.08 Å². The van der Waals surface area contributed by atoms with Crippen molar-refractivity contribution in [2.24, 2.45) is 0 Å². The molecule has 3 N–H and O–H groups in total. The van der Waals surface area contributed by atoms with E-state index in [1.807, 2.05) is 32.1 Å². The standard InChI is InChI=1S/C59H94N2O24S2/c1-58(14-19-74-30-35-82-42-39-78-26-23-70-3)51-47-49(86(64,65)66)9-11-53(51)60(16-21-76-32-37-84-44-41-80-28-25-72-5)55(58)7-6-8-56-59(2,15-20-75-31-36-83-43-40-79-27-24-71-4)52-48-50(87(67,68)69)10-12-54(52)61(56)17-22-77-33-38-85-46-45-81-34-29-73-18-13-57(62)63/h6-12,47-48H,13-46H2,1-5H3,(H2-,62,63,64,65,66,67,68,69)/p+1. The van der Waals surface area contributed by atoms with Gasteiger partial charge in [0.2, 0.25) is 5.69 Å². The molecule has 0 radical (unpaired) electrons. The summed E-state index contributed by atoms with van der Waals surface area (Å²) in [5.41, 5.74) is 2.36. The molecule has 2 aromatic carbocycles. The second-order valence-electron chi connectivity index (χ2n) is 20.2. The molecular formula is C59H95N2O24S2+. The van der Waals surface area contributed by atoms with Crippen molar-refractivity contribution >= 4 is 43.3 Å². The highest BCUT2D eigenvalue weighted by molar-refractivity contribution is 7.86. The predicted octanol–water partition coefficient (Wildman–Crippen LogP) is 4.16. The van der Waals surface area contributed by atoms with Crippen molar-refractivity contribution < 1.29 is 116 Å². The maximum atomic E-state index is 12.8. The van der Waals surface area contributed by atoms with Gasteiger partial charge >= 0.3 is 5.97 Å². The number of hydrogen-bond acceptors (Lipinski definition) is 22. The summed E-state index contributed by atoms with van der Waals surface area (Å²) in [7, 11) is -4.44. The van der Waals surface area contributed by atoms with E-state index in [9.17, 15) is 30.7 Å². The first-order chi connectivity index (χ1) is 42.0. The van der Waals surface area contributed by atoms with Crippen LogP contribution in [0.5, 0.6) is 0 Å². The lowest BCUT2D eigenvalue weighted by Gasteiger charge is -2.30. The second-order valence-corrected chi connectivity index (χ2v) is 23.0. The van der Waals surface area contributed by atoms with Crippen molar-refractivity contribution in [1.82, 2.24) is 0 Å². The molecule has 2 atom stereocenters. The Morgan fingerprint density at radius 3 is 1.28 bits per heavy atom. The third-order valence-electron chi connectivity index (χ3n) is 14.0. The summed E-state index contributed by atoms with van der Waals surface area (Å²) in [6.07, 6.45) is 6.48. The van der Waals surface area contributed by atoms with E-state index >= 15 is 0 Å². The third-order valence-corrected chi connectivity index (χ3v) is 15.7. The quantitative estimate of drug-likeness (QED) is 0.0476. The van der Waals surface area contributed by atoms with Crippen molar-refractivity contribution in [2.75, 3.05) is 231 Å². The average Bonchev–Trinajstić information content (AvgIpc) is 1.61. The van der Waals surface area contributed by atoms with E-state index < -0.39 is 37.0 Å². The molecule has 0 fully saturated rings. The molecule has 0 saturated carbocycles. The second kappa shape index (κ2) is 42.9. The fourth-order valence-corrected chi connectivity index (χ4v) is 10.5. The number of rotatable bonds is 55. The summed E-state index contributed by atoms with van der Waals surface area (Å²) in [6.45, 7) is 14.3. The van der Waals surface area contributed by atoms with Gasteiger partial charge in [0.25, 0.3) is 20.2 Å². The number of allylic oxidation sites excluding steroid dienone is 4. The Kier molecular flexibility index (Phi) is 37.2. The first kappa shape index (κ1) is 75.5. The number of carboxylic acid groups (broad SMARTS) is 1. The highest BCUT2D eigenvalue weighted by Crippen LogP contribution is 2.51. The van der Waals surface area contributed by atoms with Gasteiger partial charge in [-0.2, -0.15) is 21.4 Å². The van der Waals surface area contributed by atoms with Crippen LogP contribution in [0.15, 0.2) is 70.1 Å². The summed E-state index contributed by atoms with van der Waals surface area (Å²) in [5.74, 6) is -0.933. The van der Waals surface area contributed by atoms with Crippen molar-refractivity contribution in [1.29, 1.82) is 0 Å². The molecule has 2 aromatic rings. The topological polar surface area (TPSA) is 300 Å². The lowest BCUT2D eigenvalue weighted by atomic mass is 9.76. The molecule has 0 aliphatic carbocycles. The molecule has 87 heavy (non-hydrogen) atoms. The number of benzene rings is 2. The Labute approximate surface area is 513 Å². The molecule has 0 aromatic heterocycles. The van der Waals surface area contributed by atoms with Crippen LogP contribution in [0.25, 0.3) is 0 Å². The van der Waals surface area contributed by atoms with Gasteiger partial charge in [0.05, 0.1) is 193 Å². The Morgan fingerprint density at radius 2 is 0.851 bits per heavy atom. The highest BCUT2D eigenvalue weighted by Gasteiger charge is 2.49. The molecule has 4 rings (SSSR count). The first-order valence-corrected chi connectivity index (χ1v) is 32.2. The average molecular weight is 1280 g/mol. The van der Waals surface area contributed by atoms with Crippen LogP contribution >= 0.6 is 0 Å². The fourth-order valence-electron chi connectivity index (χ4n) is 9.46. The van der Waals surface area contributed by atoms with Crippen LogP contribution in [0.2, 0.25) is 0 Å². The smallest absolute Gasteiger partial charge is 0.305 e. The number of ether oxygens (including phenoxy) is 16. The monoisotopic (exact) mass is 1280 g/mol. The summed E-state index contributed by atoms with van der Waals surface area (Å²) in [6, 6.07) is 9.07. The molecule has 2 unspecified atom stereocenters. The molecule has 2 aliphatic heterocycles. The molecule has 2 heterocycles. The van der Waals surface area contributed by atoms with E-state index in [1.165, 1.54) is 24.3 Å². The minimum absolute atomic E-state index is 0.0814. The fraction of sp³-hybridized carbons (Fsp3) is 0.695. The van der Waals surface area contributed by atoms with Gasteiger partial charge in [0.1, 0.15) is 6.61 Å². The van der Waals surface area contributed by atoms with Crippen LogP contribution in [0.1, 0.15) is 44.2 Å². The van der Waals surface area contributed by atoms with Gasteiger partial charge in [0, 0.05) is 75.6 Å². The zero-order valence-electron chi connectivity index (χ0n) is 51.4. The minimum atomic E-state index is -4.63. The number of hydrogen-bond donors (Lipinski definition) is 3. The Hall–Kier alpha value is -3.96. The molecular weight excluding hydrogens is 1180 g/mol. The molecule has 0 bridgehead atoms. The molecule has 2 aliphatic rings. The minimum Gasteiger partial charge on any atom is -0.481 e. The van der Waals surface area contributed by atoms with Gasteiger partial charge in [0.15, 0.2) is 12.3 Å². The zero-order valence-corrected chi connectivity index (χ0v) is 53.0. The lowest BCUT2D eigenvalue weighted by Crippen LogP contribution is -2.34. The van der Waals surface area contributed by atoms with E-state index in [1.54, 1.807) is 33.5 Å². The van der Waals surface area contributed by atoms with Crippen LogP contribution in [-0.2, 0) is 112 Å². The highest BCUT2D eigenvalue weighted by atomic mass is 32.2. The van der Waals surface area contributed by atoms with E-state index in [2.05, 4.69) is 9.48 Å². The van der Waals surface area contributed by atoms with E-state index in [0.29, 0.717) is 174 Å². The van der Waals surface area contributed by atoms with Gasteiger partial charge in [-0.25, -0.2) is 0 Å². The number of aliphatic carboxylic acids is 1. The molecule has 0 amide bonds. The van der Waals surface area contributed by atoms with Crippen molar-refractivity contribution in [2.45, 2.75) is 53.7 Å². The predicted molar refractivity (Wildman–Crippen MR) is 319 cm³/mol. The largest absolute Gasteiger partial charge is 0.481 e. The van der Waals surface area contributed by atoms with Crippen LogP contribution in [0.3, 0.4) is 0 Å². The van der Waals surface area contributed by atoms with Crippen LogP contribution in [0.4, 0.5) is 11.4 Å². The van der Waals surface area contributed by atoms with Crippen LogP contribution in [-0.4, -0.2) is 273 Å². The van der Waals surface area contributed by atoms with E-state index in [-0.39, 0.29) is 82.3 Å².